The Morgan fingerprint density at radius 3 is 2.38 bits per heavy atom. The summed E-state index contributed by atoms with van der Waals surface area (Å²) in [5, 5.41) is 13.3. The Labute approximate surface area is 100 Å². The van der Waals surface area contributed by atoms with Gasteiger partial charge in [-0.15, -0.1) is 0 Å². The van der Waals surface area contributed by atoms with E-state index in [1.807, 2.05) is 0 Å². The topological polar surface area (TPSA) is 35.5 Å². The maximum Gasteiger partial charge on any atom is 0.0692 e. The molecule has 3 heteroatoms. The lowest BCUT2D eigenvalue weighted by Crippen LogP contribution is -2.36. The summed E-state index contributed by atoms with van der Waals surface area (Å²) < 4.78 is 0. The molecule has 0 aromatic carbocycles. The highest BCUT2D eigenvalue weighted by Gasteiger charge is 2.15. The van der Waals surface area contributed by atoms with Crippen LogP contribution in [0.15, 0.2) is 0 Å². The average Bonchev–Trinajstić information content (AvgIpc) is 2.79. The van der Waals surface area contributed by atoms with Crippen molar-refractivity contribution in [3.8, 4) is 0 Å². The molecule has 96 valence electrons. The highest BCUT2D eigenvalue weighted by atomic mass is 16.3. The van der Waals surface area contributed by atoms with Crippen LogP contribution in [0.2, 0.25) is 0 Å². The summed E-state index contributed by atoms with van der Waals surface area (Å²) in [6.45, 7) is 9.73. The Morgan fingerprint density at radius 1 is 1.19 bits per heavy atom. The van der Waals surface area contributed by atoms with E-state index in [0.717, 1.165) is 32.5 Å². The Bertz CT molecular complexity index is 165. The summed E-state index contributed by atoms with van der Waals surface area (Å²) in [6, 6.07) is 0. The van der Waals surface area contributed by atoms with Crippen LogP contribution in [-0.2, 0) is 0 Å². The Morgan fingerprint density at radius 2 is 1.81 bits per heavy atom. The third-order valence-corrected chi connectivity index (χ3v) is 3.75. The van der Waals surface area contributed by atoms with E-state index in [0.29, 0.717) is 5.92 Å². The van der Waals surface area contributed by atoms with E-state index in [9.17, 15) is 5.11 Å². The van der Waals surface area contributed by atoms with Crippen LogP contribution in [-0.4, -0.2) is 48.8 Å². The fraction of sp³-hybridized carbons (Fsp3) is 1.00. The van der Waals surface area contributed by atoms with Gasteiger partial charge in [-0.1, -0.05) is 26.7 Å². The fourth-order valence-corrected chi connectivity index (χ4v) is 2.49. The third-order valence-electron chi connectivity index (χ3n) is 3.75. The first-order valence-corrected chi connectivity index (χ1v) is 6.89. The number of hydrogen-bond donors (Lipinski definition) is 2. The van der Waals surface area contributed by atoms with Crippen molar-refractivity contribution in [3.05, 3.63) is 0 Å². The van der Waals surface area contributed by atoms with Gasteiger partial charge in [0.2, 0.25) is 0 Å². The Hall–Kier alpha value is -0.120. The van der Waals surface area contributed by atoms with Gasteiger partial charge in [-0.05, 0) is 31.8 Å². The number of aliphatic hydroxyl groups excluding tert-OH is 1. The van der Waals surface area contributed by atoms with Crippen molar-refractivity contribution in [1.29, 1.82) is 0 Å². The predicted molar refractivity (Wildman–Crippen MR) is 68.6 cm³/mol. The van der Waals surface area contributed by atoms with Crippen molar-refractivity contribution in [2.45, 2.75) is 45.6 Å². The second-order valence-electron chi connectivity index (χ2n) is 4.90. The van der Waals surface area contributed by atoms with Crippen LogP contribution in [0.5, 0.6) is 0 Å². The van der Waals surface area contributed by atoms with Crippen LogP contribution >= 0.6 is 0 Å². The summed E-state index contributed by atoms with van der Waals surface area (Å²) in [6.07, 6.45) is 4.69. The maximum atomic E-state index is 9.92. The lowest BCUT2D eigenvalue weighted by Gasteiger charge is -2.21. The van der Waals surface area contributed by atoms with Crippen LogP contribution in [0.25, 0.3) is 0 Å². The molecule has 1 aliphatic heterocycles. The van der Waals surface area contributed by atoms with Crippen LogP contribution in [0.4, 0.5) is 0 Å². The molecule has 0 bridgehead atoms. The van der Waals surface area contributed by atoms with E-state index < -0.39 is 0 Å². The van der Waals surface area contributed by atoms with Crippen molar-refractivity contribution in [2.75, 3.05) is 32.7 Å². The van der Waals surface area contributed by atoms with E-state index in [-0.39, 0.29) is 6.10 Å². The first-order valence-electron chi connectivity index (χ1n) is 6.89. The zero-order valence-corrected chi connectivity index (χ0v) is 10.9. The van der Waals surface area contributed by atoms with Crippen molar-refractivity contribution in [1.82, 2.24) is 10.2 Å². The molecule has 0 aromatic heterocycles. The van der Waals surface area contributed by atoms with E-state index in [4.69, 9.17) is 0 Å². The van der Waals surface area contributed by atoms with Crippen molar-refractivity contribution in [3.63, 3.8) is 0 Å². The number of nitrogens with one attached hydrogen (secondary N) is 1. The minimum atomic E-state index is -0.173. The lowest BCUT2D eigenvalue weighted by atomic mass is 9.97. The number of aliphatic hydroxyl groups is 1. The molecule has 1 fully saturated rings. The second kappa shape index (κ2) is 8.04. The van der Waals surface area contributed by atoms with Gasteiger partial charge in [0.25, 0.3) is 0 Å². The first-order chi connectivity index (χ1) is 7.77. The Balaban J connectivity index is 2.00. The second-order valence-corrected chi connectivity index (χ2v) is 4.90. The monoisotopic (exact) mass is 228 g/mol. The molecule has 1 aliphatic rings. The minimum absolute atomic E-state index is 0.173. The summed E-state index contributed by atoms with van der Waals surface area (Å²) >= 11 is 0. The standard InChI is InChI=1S/C13H28N2O/c1-3-12(4-2)13(16)11-14-7-10-15-8-5-6-9-15/h12-14,16H,3-11H2,1-2H3. The highest BCUT2D eigenvalue weighted by molar-refractivity contribution is 4.71. The smallest absolute Gasteiger partial charge is 0.0692 e. The molecular weight excluding hydrogens is 200 g/mol. The summed E-state index contributed by atoms with van der Waals surface area (Å²) in [5.74, 6) is 0.458. The molecule has 0 aromatic rings. The molecule has 0 spiro atoms. The van der Waals surface area contributed by atoms with E-state index >= 15 is 0 Å². The zero-order chi connectivity index (χ0) is 11.8. The van der Waals surface area contributed by atoms with Crippen LogP contribution in [0, 0.1) is 5.92 Å². The summed E-state index contributed by atoms with van der Waals surface area (Å²) in [4.78, 5) is 2.50. The molecule has 1 saturated heterocycles. The largest absolute Gasteiger partial charge is 0.392 e. The molecule has 0 saturated carbocycles. The van der Waals surface area contributed by atoms with Crippen LogP contribution in [0.3, 0.4) is 0 Å². The molecule has 0 aliphatic carbocycles. The van der Waals surface area contributed by atoms with Gasteiger partial charge in [0.15, 0.2) is 0 Å². The third kappa shape index (κ3) is 4.81. The van der Waals surface area contributed by atoms with Gasteiger partial charge in [-0.2, -0.15) is 0 Å². The average molecular weight is 228 g/mol. The molecular formula is C13H28N2O. The van der Waals surface area contributed by atoms with Gasteiger partial charge in [0, 0.05) is 19.6 Å². The lowest BCUT2D eigenvalue weighted by molar-refractivity contribution is 0.101. The van der Waals surface area contributed by atoms with E-state index in [1.54, 1.807) is 0 Å². The first kappa shape index (κ1) is 13.9. The molecule has 1 rings (SSSR count). The van der Waals surface area contributed by atoms with E-state index in [2.05, 4.69) is 24.1 Å². The molecule has 1 unspecified atom stereocenters. The molecule has 0 amide bonds. The predicted octanol–water partition coefficient (Wildman–Crippen LogP) is 1.47. The zero-order valence-electron chi connectivity index (χ0n) is 10.9. The van der Waals surface area contributed by atoms with E-state index in [1.165, 1.54) is 25.9 Å². The van der Waals surface area contributed by atoms with Crippen molar-refractivity contribution < 1.29 is 5.11 Å². The number of hydrogen-bond acceptors (Lipinski definition) is 3. The van der Waals surface area contributed by atoms with Gasteiger partial charge >= 0.3 is 0 Å². The molecule has 1 heterocycles. The highest BCUT2D eigenvalue weighted by Crippen LogP contribution is 2.12. The van der Waals surface area contributed by atoms with Gasteiger partial charge < -0.3 is 15.3 Å². The number of nitrogens with zero attached hydrogens (tertiary/aromatic N) is 1. The SMILES string of the molecule is CCC(CC)C(O)CNCCN1CCCC1. The quantitative estimate of drug-likeness (QED) is 0.618. The van der Waals surface area contributed by atoms with Crippen LogP contribution in [0.1, 0.15) is 39.5 Å². The summed E-state index contributed by atoms with van der Waals surface area (Å²) in [5.41, 5.74) is 0. The van der Waals surface area contributed by atoms with Crippen molar-refractivity contribution >= 4 is 0 Å². The molecule has 0 radical (unpaired) electrons. The van der Waals surface area contributed by atoms with Gasteiger partial charge in [-0.25, -0.2) is 0 Å². The van der Waals surface area contributed by atoms with Crippen LogP contribution < -0.4 is 5.32 Å². The molecule has 3 nitrogen and oxygen atoms in total. The van der Waals surface area contributed by atoms with Gasteiger partial charge in [-0.3, -0.25) is 0 Å². The van der Waals surface area contributed by atoms with Crippen molar-refractivity contribution in [2.24, 2.45) is 5.92 Å². The minimum Gasteiger partial charge on any atom is -0.392 e. The number of rotatable bonds is 8. The molecule has 1 atom stereocenters. The van der Waals surface area contributed by atoms with Gasteiger partial charge in [0.1, 0.15) is 0 Å². The maximum absolute atomic E-state index is 9.92. The fourth-order valence-electron chi connectivity index (χ4n) is 2.49. The molecule has 2 N–H and O–H groups in total. The summed E-state index contributed by atoms with van der Waals surface area (Å²) in [7, 11) is 0. The molecule has 16 heavy (non-hydrogen) atoms. The van der Waals surface area contributed by atoms with Gasteiger partial charge in [0.05, 0.1) is 6.10 Å². The normalized spacial score (nSPS) is 19.5. The Kier molecular flexibility index (Phi) is 7.01. The number of likely N-dealkylation sites (tertiary alicyclic amines) is 1.